The van der Waals surface area contributed by atoms with Crippen LogP contribution in [0.2, 0.25) is 0 Å². The molecule has 148 valence electrons. The minimum Gasteiger partial charge on any atom is -0.458 e. The van der Waals surface area contributed by atoms with E-state index in [1.807, 2.05) is 0 Å². The summed E-state index contributed by atoms with van der Waals surface area (Å²) in [6.45, 7) is 7.65. The highest BCUT2D eigenvalue weighted by atomic mass is 16.5. The molecule has 0 saturated carbocycles. The third-order valence-electron chi connectivity index (χ3n) is 4.00. The van der Waals surface area contributed by atoms with E-state index in [-0.39, 0.29) is 37.5 Å². The van der Waals surface area contributed by atoms with E-state index in [1.54, 1.807) is 13.0 Å². The van der Waals surface area contributed by atoms with Gasteiger partial charge in [0.15, 0.2) is 6.61 Å². The smallest absolute Gasteiger partial charge is 0.306 e. The van der Waals surface area contributed by atoms with E-state index < -0.39 is 0 Å². The van der Waals surface area contributed by atoms with Crippen molar-refractivity contribution in [2.75, 3.05) is 6.61 Å². The third-order valence-corrected chi connectivity index (χ3v) is 4.00. The van der Waals surface area contributed by atoms with Gasteiger partial charge < -0.3 is 9.47 Å². The van der Waals surface area contributed by atoms with Crippen molar-refractivity contribution >= 4 is 11.9 Å². The van der Waals surface area contributed by atoms with Crippen molar-refractivity contribution in [3.8, 4) is 11.8 Å². The molecule has 4 nitrogen and oxygen atoms in total. The van der Waals surface area contributed by atoms with Crippen molar-refractivity contribution in [1.29, 1.82) is 0 Å². The average Bonchev–Trinajstić information content (AvgIpc) is 2.62. The van der Waals surface area contributed by atoms with Gasteiger partial charge in [-0.05, 0) is 19.8 Å². The minimum absolute atomic E-state index is 0.133. The van der Waals surface area contributed by atoms with Crippen LogP contribution in [0.4, 0.5) is 0 Å². The molecule has 0 fully saturated rings. The largest absolute Gasteiger partial charge is 0.458 e. The zero-order chi connectivity index (χ0) is 19.5. The fraction of sp³-hybridized carbons (Fsp3) is 0.727. The van der Waals surface area contributed by atoms with Gasteiger partial charge >= 0.3 is 11.9 Å². The molecular weight excluding hydrogens is 328 g/mol. The molecule has 4 heteroatoms. The first kappa shape index (κ1) is 24.2. The monoisotopic (exact) mass is 364 g/mol. The highest BCUT2D eigenvalue weighted by Crippen LogP contribution is 2.09. The molecule has 0 radical (unpaired) electrons. The van der Waals surface area contributed by atoms with Crippen LogP contribution >= 0.6 is 0 Å². The Morgan fingerprint density at radius 1 is 0.923 bits per heavy atom. The van der Waals surface area contributed by atoms with Crippen LogP contribution in [0.1, 0.15) is 90.9 Å². The van der Waals surface area contributed by atoms with E-state index in [2.05, 4.69) is 25.3 Å². The van der Waals surface area contributed by atoms with Crippen LogP contribution in [0, 0.1) is 11.8 Å². The van der Waals surface area contributed by atoms with Gasteiger partial charge in [-0.25, -0.2) is 0 Å². The van der Waals surface area contributed by atoms with E-state index >= 15 is 0 Å². The number of hydrogen-bond acceptors (Lipinski definition) is 4. The van der Waals surface area contributed by atoms with Gasteiger partial charge in [-0.3, -0.25) is 9.59 Å². The fourth-order valence-corrected chi connectivity index (χ4v) is 2.37. The van der Waals surface area contributed by atoms with Crippen LogP contribution in [0.3, 0.4) is 0 Å². The van der Waals surface area contributed by atoms with Gasteiger partial charge in [0.25, 0.3) is 0 Å². The van der Waals surface area contributed by atoms with Gasteiger partial charge in [0.2, 0.25) is 0 Å². The molecule has 26 heavy (non-hydrogen) atoms. The Kier molecular flexibility index (Phi) is 16.8. The van der Waals surface area contributed by atoms with Crippen LogP contribution in [0.25, 0.3) is 0 Å². The SMILES string of the molecule is C=CC(C)OC(=O)CCCC(=O)OCC#CCCCCCCCCCC. The molecular formula is C22H36O4. The molecule has 0 rings (SSSR count). The summed E-state index contributed by atoms with van der Waals surface area (Å²) in [7, 11) is 0. The third kappa shape index (κ3) is 17.1. The molecule has 0 spiro atoms. The molecule has 0 amide bonds. The Balaban J connectivity index is 3.47. The molecule has 0 aliphatic carbocycles. The number of ether oxygens (including phenoxy) is 2. The number of rotatable bonds is 15. The number of hydrogen-bond donors (Lipinski definition) is 0. The highest BCUT2D eigenvalue weighted by molar-refractivity contribution is 5.72. The van der Waals surface area contributed by atoms with Crippen molar-refractivity contribution in [1.82, 2.24) is 0 Å². The number of carbonyl (C=O) groups excluding carboxylic acids is 2. The Morgan fingerprint density at radius 3 is 2.19 bits per heavy atom. The van der Waals surface area contributed by atoms with Crippen LogP contribution in [0.15, 0.2) is 12.7 Å². The van der Waals surface area contributed by atoms with Crippen molar-refractivity contribution in [2.24, 2.45) is 0 Å². The van der Waals surface area contributed by atoms with E-state index in [4.69, 9.17) is 9.47 Å². The molecule has 0 aliphatic rings. The van der Waals surface area contributed by atoms with Crippen LogP contribution in [-0.2, 0) is 19.1 Å². The second-order valence-electron chi connectivity index (χ2n) is 6.52. The number of carbonyl (C=O) groups is 2. The molecule has 0 aromatic carbocycles. The van der Waals surface area contributed by atoms with Crippen molar-refractivity contribution in [3.63, 3.8) is 0 Å². The lowest BCUT2D eigenvalue weighted by molar-refractivity contribution is -0.146. The van der Waals surface area contributed by atoms with Gasteiger partial charge in [0, 0.05) is 19.3 Å². The second kappa shape index (κ2) is 18.0. The summed E-state index contributed by atoms with van der Waals surface area (Å²) in [6, 6.07) is 0. The normalized spacial score (nSPS) is 11.2. The van der Waals surface area contributed by atoms with Gasteiger partial charge in [-0.15, -0.1) is 0 Å². The maximum Gasteiger partial charge on any atom is 0.306 e. The molecule has 0 aliphatic heterocycles. The summed E-state index contributed by atoms with van der Waals surface area (Å²) < 4.78 is 10.1. The van der Waals surface area contributed by atoms with Crippen LogP contribution in [-0.4, -0.2) is 24.6 Å². The molecule has 1 unspecified atom stereocenters. The summed E-state index contributed by atoms with van der Waals surface area (Å²) in [5, 5.41) is 0. The molecule has 0 saturated heterocycles. The predicted molar refractivity (Wildman–Crippen MR) is 106 cm³/mol. The standard InChI is InChI=1S/C22H36O4/c1-4-6-7-8-9-10-11-12-13-14-15-19-25-21(23)17-16-18-22(24)26-20(3)5-2/h5,20H,2,4,6-13,16-19H2,1,3H3. The molecule has 0 aromatic rings. The van der Waals surface area contributed by atoms with Gasteiger partial charge in [-0.2, -0.15) is 0 Å². The quantitative estimate of drug-likeness (QED) is 0.170. The first-order valence-corrected chi connectivity index (χ1v) is 10.0. The molecule has 1 atom stereocenters. The van der Waals surface area contributed by atoms with Crippen LogP contribution in [0.5, 0.6) is 0 Å². The highest BCUT2D eigenvalue weighted by Gasteiger charge is 2.08. The Hall–Kier alpha value is -1.76. The predicted octanol–water partition coefficient (Wildman–Crippen LogP) is 5.35. The first-order valence-electron chi connectivity index (χ1n) is 10.0. The second-order valence-corrected chi connectivity index (χ2v) is 6.52. The summed E-state index contributed by atoms with van der Waals surface area (Å²) >= 11 is 0. The van der Waals surface area contributed by atoms with Crippen molar-refractivity contribution < 1.29 is 19.1 Å². The minimum atomic E-state index is -0.324. The zero-order valence-electron chi connectivity index (χ0n) is 16.7. The summed E-state index contributed by atoms with van der Waals surface area (Å²) in [6.07, 6.45) is 13.2. The van der Waals surface area contributed by atoms with E-state index in [9.17, 15) is 9.59 Å². The average molecular weight is 365 g/mol. The lowest BCUT2D eigenvalue weighted by Gasteiger charge is -2.08. The lowest BCUT2D eigenvalue weighted by atomic mass is 10.1. The maximum absolute atomic E-state index is 11.5. The summed E-state index contributed by atoms with van der Waals surface area (Å²) in [5.41, 5.74) is 0. The number of unbranched alkanes of at least 4 members (excludes halogenated alkanes) is 8. The van der Waals surface area contributed by atoms with E-state index in [0.29, 0.717) is 6.42 Å². The van der Waals surface area contributed by atoms with Gasteiger partial charge in [0.05, 0.1) is 0 Å². The number of esters is 2. The molecule has 0 heterocycles. The van der Waals surface area contributed by atoms with Crippen LogP contribution < -0.4 is 0 Å². The van der Waals surface area contributed by atoms with Crippen molar-refractivity contribution in [3.05, 3.63) is 12.7 Å². The first-order chi connectivity index (χ1) is 12.6. The molecule has 0 aromatic heterocycles. The molecule has 0 bridgehead atoms. The zero-order valence-corrected chi connectivity index (χ0v) is 16.7. The van der Waals surface area contributed by atoms with Gasteiger partial charge in [0.1, 0.15) is 6.10 Å². The van der Waals surface area contributed by atoms with Crippen molar-refractivity contribution in [2.45, 2.75) is 97.0 Å². The van der Waals surface area contributed by atoms with E-state index in [0.717, 1.165) is 12.8 Å². The Bertz CT molecular complexity index is 445. The summed E-state index contributed by atoms with van der Waals surface area (Å²) in [4.78, 5) is 22.9. The lowest BCUT2D eigenvalue weighted by Crippen LogP contribution is -2.13. The van der Waals surface area contributed by atoms with Gasteiger partial charge in [-0.1, -0.05) is 76.4 Å². The van der Waals surface area contributed by atoms with E-state index in [1.165, 1.54) is 44.9 Å². The fourth-order valence-electron chi connectivity index (χ4n) is 2.37. The Morgan fingerprint density at radius 2 is 1.54 bits per heavy atom. The topological polar surface area (TPSA) is 52.6 Å². The maximum atomic E-state index is 11.5. The molecule has 0 N–H and O–H groups in total. The summed E-state index contributed by atoms with van der Waals surface area (Å²) in [5.74, 6) is 5.27. The Labute approximate surface area is 159 Å².